The fourth-order valence-corrected chi connectivity index (χ4v) is 5.66. The number of rotatable bonds is 6. The molecule has 0 radical (unpaired) electrons. The molecule has 2 fully saturated rings. The molecule has 3 nitrogen and oxygen atoms in total. The Morgan fingerprint density at radius 2 is 1.68 bits per heavy atom. The maximum atomic E-state index is 13.5. The largest absolute Gasteiger partial charge is 0.362 e. The quantitative estimate of drug-likeness (QED) is 0.416. The average Bonchev–Trinajstić information content (AvgIpc) is 2.76. The van der Waals surface area contributed by atoms with Crippen molar-refractivity contribution in [2.45, 2.75) is 71.2 Å². The van der Waals surface area contributed by atoms with Crippen LogP contribution in [0.4, 0.5) is 0 Å². The standard InChI is InChI=1S/C27H34BrNO2/c1-17(2)23-15-10-18(3)16-24(23)31-26-25(21-11-13-22(28)14-12-21)29(27(26)30)19(4)20-8-6-5-7-9-20/h5-9,11-14,17-19,23-26H,10,15-16H2,1-4H3/t18-,19+,23+,24-,25-,26+/m1/s1. The third kappa shape index (κ3) is 4.61. The number of halogens is 1. The van der Waals surface area contributed by atoms with Crippen molar-refractivity contribution in [2.75, 3.05) is 0 Å². The van der Waals surface area contributed by atoms with E-state index >= 15 is 0 Å². The first-order valence-electron chi connectivity index (χ1n) is 11.6. The molecule has 1 saturated heterocycles. The lowest BCUT2D eigenvalue weighted by Crippen LogP contribution is -2.61. The minimum Gasteiger partial charge on any atom is -0.362 e. The van der Waals surface area contributed by atoms with Crippen molar-refractivity contribution in [1.29, 1.82) is 0 Å². The summed E-state index contributed by atoms with van der Waals surface area (Å²) in [4.78, 5) is 15.5. The summed E-state index contributed by atoms with van der Waals surface area (Å²) >= 11 is 3.54. The zero-order valence-electron chi connectivity index (χ0n) is 19.0. The summed E-state index contributed by atoms with van der Waals surface area (Å²) in [5, 5.41) is 0. The Morgan fingerprint density at radius 3 is 2.32 bits per heavy atom. The van der Waals surface area contributed by atoms with Crippen LogP contribution in [-0.4, -0.2) is 23.0 Å². The molecule has 1 saturated carbocycles. The second kappa shape index (κ2) is 9.46. The van der Waals surface area contributed by atoms with Crippen LogP contribution in [0, 0.1) is 17.8 Å². The topological polar surface area (TPSA) is 29.5 Å². The molecule has 1 aliphatic heterocycles. The van der Waals surface area contributed by atoms with Gasteiger partial charge in [-0.2, -0.15) is 0 Å². The second-order valence-electron chi connectivity index (χ2n) is 9.75. The Bertz CT molecular complexity index is 882. The lowest BCUT2D eigenvalue weighted by atomic mass is 9.75. The van der Waals surface area contributed by atoms with Crippen LogP contribution in [0.5, 0.6) is 0 Å². The van der Waals surface area contributed by atoms with Gasteiger partial charge in [0.05, 0.1) is 18.2 Å². The number of hydrogen-bond acceptors (Lipinski definition) is 2. The molecule has 1 heterocycles. The maximum absolute atomic E-state index is 13.5. The van der Waals surface area contributed by atoms with E-state index in [1.54, 1.807) is 0 Å². The van der Waals surface area contributed by atoms with E-state index in [1.165, 1.54) is 12.8 Å². The zero-order chi connectivity index (χ0) is 22.1. The molecule has 2 aromatic carbocycles. The molecule has 166 valence electrons. The van der Waals surface area contributed by atoms with Gasteiger partial charge >= 0.3 is 0 Å². The van der Waals surface area contributed by atoms with Crippen LogP contribution in [-0.2, 0) is 9.53 Å². The molecular formula is C27H34BrNO2. The van der Waals surface area contributed by atoms with Crippen molar-refractivity contribution in [2.24, 2.45) is 17.8 Å². The fourth-order valence-electron chi connectivity index (χ4n) is 5.39. The van der Waals surface area contributed by atoms with E-state index in [9.17, 15) is 4.79 Å². The summed E-state index contributed by atoms with van der Waals surface area (Å²) in [6.45, 7) is 9.01. The molecule has 1 amide bonds. The number of β-lactam (4-membered cyclic amide) rings is 1. The average molecular weight is 484 g/mol. The molecule has 0 aromatic heterocycles. The Morgan fingerprint density at radius 1 is 1.00 bits per heavy atom. The van der Waals surface area contributed by atoms with Crippen molar-refractivity contribution in [3.8, 4) is 0 Å². The minimum absolute atomic E-state index is 0.00775. The first kappa shape index (κ1) is 22.5. The van der Waals surface area contributed by atoms with Gasteiger partial charge in [0.15, 0.2) is 6.10 Å². The van der Waals surface area contributed by atoms with E-state index in [-0.39, 0.29) is 24.1 Å². The highest BCUT2D eigenvalue weighted by Gasteiger charge is 2.53. The van der Waals surface area contributed by atoms with Crippen molar-refractivity contribution in [1.82, 2.24) is 4.90 Å². The van der Waals surface area contributed by atoms with Crippen LogP contribution in [0.3, 0.4) is 0 Å². The highest BCUT2D eigenvalue weighted by atomic mass is 79.9. The zero-order valence-corrected chi connectivity index (χ0v) is 20.6. The first-order valence-corrected chi connectivity index (χ1v) is 12.4. The summed E-state index contributed by atoms with van der Waals surface area (Å²) in [6.07, 6.45) is 3.26. The fraction of sp³-hybridized carbons (Fsp3) is 0.519. The van der Waals surface area contributed by atoms with E-state index in [2.05, 4.69) is 80.0 Å². The van der Waals surface area contributed by atoms with Crippen LogP contribution in [0.25, 0.3) is 0 Å². The predicted octanol–water partition coefficient (Wildman–Crippen LogP) is 6.94. The number of amides is 1. The van der Waals surface area contributed by atoms with E-state index in [1.807, 2.05) is 23.1 Å². The van der Waals surface area contributed by atoms with Crippen LogP contribution >= 0.6 is 15.9 Å². The maximum Gasteiger partial charge on any atom is 0.255 e. The van der Waals surface area contributed by atoms with Crippen LogP contribution in [0.15, 0.2) is 59.1 Å². The molecule has 0 bridgehead atoms. The van der Waals surface area contributed by atoms with Gasteiger partial charge in [0.2, 0.25) is 0 Å². The molecule has 2 aromatic rings. The number of carbonyl (C=O) groups excluding carboxylic acids is 1. The highest BCUT2D eigenvalue weighted by molar-refractivity contribution is 9.10. The summed E-state index contributed by atoms with van der Waals surface area (Å²) in [5.41, 5.74) is 2.29. The Hall–Kier alpha value is -1.65. The molecule has 0 unspecified atom stereocenters. The van der Waals surface area contributed by atoms with Crippen molar-refractivity contribution >= 4 is 21.8 Å². The molecule has 2 aliphatic rings. The number of nitrogens with zero attached hydrogens (tertiary/aromatic N) is 1. The van der Waals surface area contributed by atoms with E-state index in [4.69, 9.17) is 4.74 Å². The summed E-state index contributed by atoms with van der Waals surface area (Å²) in [7, 11) is 0. The minimum atomic E-state index is -0.399. The number of hydrogen-bond donors (Lipinski definition) is 0. The van der Waals surface area contributed by atoms with Gasteiger partial charge in [-0.05, 0) is 60.8 Å². The monoisotopic (exact) mass is 483 g/mol. The van der Waals surface area contributed by atoms with Gasteiger partial charge in [0.25, 0.3) is 5.91 Å². The smallest absolute Gasteiger partial charge is 0.255 e. The van der Waals surface area contributed by atoms with Gasteiger partial charge in [0, 0.05) is 4.47 Å². The number of benzene rings is 2. The number of ether oxygens (including phenoxy) is 1. The van der Waals surface area contributed by atoms with Gasteiger partial charge in [-0.1, -0.05) is 85.6 Å². The highest BCUT2D eigenvalue weighted by Crippen LogP contribution is 2.46. The molecule has 1 aliphatic carbocycles. The Balaban J connectivity index is 1.62. The SMILES string of the molecule is CC(C)[C@@H]1CC[C@@H](C)C[C@H]1O[C@@H]1C(=O)N([C@@H](C)c2ccccc2)[C@@H]1c1ccc(Br)cc1. The molecular weight excluding hydrogens is 450 g/mol. The van der Waals surface area contributed by atoms with Gasteiger partial charge in [-0.3, -0.25) is 4.79 Å². The number of likely N-dealkylation sites (tertiary alicyclic amines) is 1. The number of carbonyl (C=O) groups is 1. The molecule has 31 heavy (non-hydrogen) atoms. The lowest BCUT2D eigenvalue weighted by molar-refractivity contribution is -0.196. The van der Waals surface area contributed by atoms with Gasteiger partial charge in [-0.25, -0.2) is 0 Å². The lowest BCUT2D eigenvalue weighted by Gasteiger charge is -2.52. The van der Waals surface area contributed by atoms with E-state index in [0.717, 1.165) is 22.0 Å². The third-order valence-corrected chi connectivity index (χ3v) is 7.81. The summed E-state index contributed by atoms with van der Waals surface area (Å²) < 4.78 is 7.74. The van der Waals surface area contributed by atoms with Gasteiger partial charge in [0.1, 0.15) is 0 Å². The third-order valence-electron chi connectivity index (χ3n) is 7.28. The van der Waals surface area contributed by atoms with Crippen LogP contribution in [0.2, 0.25) is 0 Å². The molecule has 0 spiro atoms. The Kier molecular flexibility index (Phi) is 6.88. The summed E-state index contributed by atoms with van der Waals surface area (Å²) in [5.74, 6) is 1.86. The predicted molar refractivity (Wildman–Crippen MR) is 129 cm³/mol. The van der Waals surface area contributed by atoms with Crippen LogP contribution in [0.1, 0.15) is 70.2 Å². The molecule has 4 heteroatoms. The van der Waals surface area contributed by atoms with Crippen molar-refractivity contribution in [3.05, 3.63) is 70.2 Å². The first-order chi connectivity index (χ1) is 14.9. The van der Waals surface area contributed by atoms with Crippen LogP contribution < -0.4 is 0 Å². The van der Waals surface area contributed by atoms with Gasteiger partial charge < -0.3 is 9.64 Å². The second-order valence-corrected chi connectivity index (χ2v) is 10.7. The van der Waals surface area contributed by atoms with Crippen molar-refractivity contribution < 1.29 is 9.53 Å². The molecule has 4 rings (SSSR count). The Labute approximate surface area is 195 Å². The normalized spacial score (nSPS) is 29.7. The van der Waals surface area contributed by atoms with Crippen molar-refractivity contribution in [3.63, 3.8) is 0 Å². The van der Waals surface area contributed by atoms with E-state index < -0.39 is 6.10 Å². The molecule has 6 atom stereocenters. The van der Waals surface area contributed by atoms with E-state index in [0.29, 0.717) is 17.8 Å². The van der Waals surface area contributed by atoms with Gasteiger partial charge in [-0.15, -0.1) is 0 Å². The molecule has 0 N–H and O–H groups in total. The summed E-state index contributed by atoms with van der Waals surface area (Å²) in [6, 6.07) is 18.6.